The van der Waals surface area contributed by atoms with Crippen LogP contribution in [-0.4, -0.2) is 12.8 Å². The molecule has 0 unspecified atom stereocenters. The Balaban J connectivity index is 2.04. The average molecular weight is 317 g/mol. The molecule has 2 aromatic rings. The van der Waals surface area contributed by atoms with Gasteiger partial charge in [-0.15, -0.1) is 0 Å². The number of benzene rings is 2. The van der Waals surface area contributed by atoms with Crippen LogP contribution in [0.4, 0.5) is 27.6 Å². The average Bonchev–Trinajstić information content (AvgIpc) is 2.46. The molecule has 7 heteroatoms. The third-order valence-electron chi connectivity index (χ3n) is 2.75. The third kappa shape index (κ3) is 4.61. The Labute approximate surface area is 123 Å². The van der Waals surface area contributed by atoms with Crippen molar-refractivity contribution in [1.82, 2.24) is 0 Å². The Hall–Kier alpha value is -2.31. The summed E-state index contributed by atoms with van der Waals surface area (Å²) in [5, 5.41) is 2.83. The number of anilines is 1. The zero-order valence-electron chi connectivity index (χ0n) is 11.3. The maximum Gasteiger partial charge on any atom is 0.422 e. The smallest absolute Gasteiger partial charge is 0.422 e. The van der Waals surface area contributed by atoms with E-state index in [4.69, 9.17) is 4.74 Å². The second kappa shape index (κ2) is 6.64. The summed E-state index contributed by atoms with van der Waals surface area (Å²) in [6, 6.07) is 9.46. The highest BCUT2D eigenvalue weighted by molar-refractivity contribution is 5.56. The summed E-state index contributed by atoms with van der Waals surface area (Å²) in [6.07, 6.45) is -4.44. The molecule has 0 aromatic heterocycles. The molecule has 0 aliphatic rings. The van der Waals surface area contributed by atoms with Crippen LogP contribution in [0.25, 0.3) is 0 Å². The largest absolute Gasteiger partial charge is 0.482 e. The van der Waals surface area contributed by atoms with Gasteiger partial charge in [-0.25, -0.2) is 8.78 Å². The summed E-state index contributed by atoms with van der Waals surface area (Å²) in [6.45, 7) is -1.29. The minimum atomic E-state index is -4.44. The van der Waals surface area contributed by atoms with Crippen LogP contribution in [-0.2, 0) is 6.54 Å². The van der Waals surface area contributed by atoms with Crippen LogP contribution in [0.5, 0.6) is 5.75 Å². The maximum absolute atomic E-state index is 13.1. The molecule has 0 saturated heterocycles. The molecule has 0 heterocycles. The Kier molecular flexibility index (Phi) is 4.85. The Morgan fingerprint density at radius 3 is 2.36 bits per heavy atom. The number of alkyl halides is 3. The van der Waals surface area contributed by atoms with E-state index in [0.29, 0.717) is 11.3 Å². The van der Waals surface area contributed by atoms with E-state index in [9.17, 15) is 22.0 Å². The fourth-order valence-electron chi connectivity index (χ4n) is 1.75. The molecule has 2 aromatic carbocycles. The summed E-state index contributed by atoms with van der Waals surface area (Å²) in [7, 11) is 0. The predicted molar refractivity (Wildman–Crippen MR) is 71.7 cm³/mol. The summed E-state index contributed by atoms with van der Waals surface area (Å²) < 4.78 is 67.2. The predicted octanol–water partition coefficient (Wildman–Crippen LogP) is 4.52. The molecule has 2 nitrogen and oxygen atoms in total. The summed E-state index contributed by atoms with van der Waals surface area (Å²) in [5.74, 6) is -1.92. The van der Waals surface area contributed by atoms with Crippen molar-refractivity contribution in [3.63, 3.8) is 0 Å². The van der Waals surface area contributed by atoms with Gasteiger partial charge in [0.1, 0.15) is 5.75 Å². The minimum Gasteiger partial charge on any atom is -0.482 e. The van der Waals surface area contributed by atoms with Crippen molar-refractivity contribution in [2.75, 3.05) is 11.9 Å². The van der Waals surface area contributed by atoms with Gasteiger partial charge in [0, 0.05) is 6.54 Å². The van der Waals surface area contributed by atoms with E-state index >= 15 is 0 Å². The monoisotopic (exact) mass is 317 g/mol. The molecule has 0 aliphatic carbocycles. The number of ether oxygens (including phenoxy) is 1. The second-order valence-electron chi connectivity index (χ2n) is 4.50. The quantitative estimate of drug-likeness (QED) is 0.819. The number of nitrogens with one attached hydrogen (secondary N) is 1. The van der Waals surface area contributed by atoms with E-state index in [0.717, 1.165) is 12.1 Å². The molecule has 2 rings (SSSR count). The highest BCUT2D eigenvalue weighted by Gasteiger charge is 2.28. The highest BCUT2D eigenvalue weighted by atomic mass is 19.4. The standard InChI is InChI=1S/C15H12F5NO/c16-11-6-5-10(7-12(11)17)8-21-13-3-1-2-4-14(13)22-9-15(18,19)20/h1-7,21H,8-9H2. The van der Waals surface area contributed by atoms with Crippen LogP contribution >= 0.6 is 0 Å². The van der Waals surface area contributed by atoms with Gasteiger partial charge in [0.2, 0.25) is 0 Å². The molecule has 0 fully saturated rings. The van der Waals surface area contributed by atoms with Gasteiger partial charge in [-0.3, -0.25) is 0 Å². The fourth-order valence-corrected chi connectivity index (χ4v) is 1.75. The highest BCUT2D eigenvalue weighted by Crippen LogP contribution is 2.26. The molecule has 0 aliphatic heterocycles. The van der Waals surface area contributed by atoms with E-state index in [1.54, 1.807) is 6.07 Å². The van der Waals surface area contributed by atoms with Crippen molar-refractivity contribution in [2.24, 2.45) is 0 Å². The van der Waals surface area contributed by atoms with Crippen LogP contribution in [0.2, 0.25) is 0 Å². The zero-order valence-corrected chi connectivity index (χ0v) is 11.3. The third-order valence-corrected chi connectivity index (χ3v) is 2.75. The molecule has 0 amide bonds. The van der Waals surface area contributed by atoms with E-state index < -0.39 is 24.4 Å². The number of hydrogen-bond acceptors (Lipinski definition) is 2. The van der Waals surface area contributed by atoms with Crippen LogP contribution < -0.4 is 10.1 Å². The molecule has 0 radical (unpaired) electrons. The van der Waals surface area contributed by atoms with Gasteiger partial charge in [-0.05, 0) is 29.8 Å². The van der Waals surface area contributed by atoms with Crippen molar-refractivity contribution < 1.29 is 26.7 Å². The number of hydrogen-bond donors (Lipinski definition) is 1. The molecule has 1 N–H and O–H groups in total. The molecule has 22 heavy (non-hydrogen) atoms. The molecule has 118 valence electrons. The van der Waals surface area contributed by atoms with E-state index in [1.165, 1.54) is 24.3 Å². The minimum absolute atomic E-state index is 0.0300. The first-order valence-electron chi connectivity index (χ1n) is 6.31. The van der Waals surface area contributed by atoms with Crippen LogP contribution in [0.1, 0.15) is 5.56 Å². The number of para-hydroxylation sites is 2. The van der Waals surface area contributed by atoms with Crippen molar-refractivity contribution in [3.05, 3.63) is 59.7 Å². The zero-order chi connectivity index (χ0) is 16.2. The van der Waals surface area contributed by atoms with Gasteiger partial charge in [-0.1, -0.05) is 18.2 Å². The normalized spacial score (nSPS) is 11.3. The number of rotatable bonds is 5. The Bertz CT molecular complexity index is 642. The molecular weight excluding hydrogens is 305 g/mol. The maximum atomic E-state index is 13.1. The lowest BCUT2D eigenvalue weighted by Crippen LogP contribution is -2.19. The van der Waals surface area contributed by atoms with Crippen molar-refractivity contribution in [1.29, 1.82) is 0 Å². The van der Waals surface area contributed by atoms with Gasteiger partial charge in [0.25, 0.3) is 0 Å². The summed E-state index contributed by atoms with van der Waals surface area (Å²) in [5.41, 5.74) is 0.779. The van der Waals surface area contributed by atoms with Crippen molar-refractivity contribution in [2.45, 2.75) is 12.7 Å². The van der Waals surface area contributed by atoms with Crippen molar-refractivity contribution in [3.8, 4) is 5.75 Å². The lowest BCUT2D eigenvalue weighted by molar-refractivity contribution is -0.153. The van der Waals surface area contributed by atoms with Gasteiger partial charge in [0.05, 0.1) is 5.69 Å². The first-order chi connectivity index (χ1) is 10.3. The first kappa shape index (κ1) is 16.1. The second-order valence-corrected chi connectivity index (χ2v) is 4.50. The molecule has 0 saturated carbocycles. The lowest BCUT2D eigenvalue weighted by atomic mass is 10.2. The molecular formula is C15H12F5NO. The van der Waals surface area contributed by atoms with Crippen molar-refractivity contribution >= 4 is 5.69 Å². The Morgan fingerprint density at radius 2 is 1.68 bits per heavy atom. The Morgan fingerprint density at radius 1 is 0.955 bits per heavy atom. The SMILES string of the molecule is Fc1ccc(CNc2ccccc2OCC(F)(F)F)cc1F. The molecule has 0 bridgehead atoms. The topological polar surface area (TPSA) is 21.3 Å². The fraction of sp³-hybridized carbons (Fsp3) is 0.200. The van der Waals surface area contributed by atoms with Gasteiger partial charge < -0.3 is 10.1 Å². The summed E-state index contributed by atoms with van der Waals surface area (Å²) >= 11 is 0. The van der Waals surface area contributed by atoms with E-state index in [1.807, 2.05) is 0 Å². The lowest BCUT2D eigenvalue weighted by Gasteiger charge is -2.14. The van der Waals surface area contributed by atoms with E-state index in [2.05, 4.69) is 5.32 Å². The summed E-state index contributed by atoms with van der Waals surface area (Å²) in [4.78, 5) is 0. The van der Waals surface area contributed by atoms with Crippen LogP contribution in [0.15, 0.2) is 42.5 Å². The van der Waals surface area contributed by atoms with Gasteiger partial charge >= 0.3 is 6.18 Å². The van der Waals surface area contributed by atoms with Crippen LogP contribution in [0.3, 0.4) is 0 Å². The van der Waals surface area contributed by atoms with E-state index in [-0.39, 0.29) is 12.3 Å². The molecule has 0 atom stereocenters. The first-order valence-corrected chi connectivity index (χ1v) is 6.31. The van der Waals surface area contributed by atoms with Gasteiger partial charge in [-0.2, -0.15) is 13.2 Å². The molecule has 0 spiro atoms. The van der Waals surface area contributed by atoms with Gasteiger partial charge in [0.15, 0.2) is 18.2 Å². The number of halogens is 5. The van der Waals surface area contributed by atoms with Crippen LogP contribution in [0, 0.1) is 11.6 Å².